The van der Waals surface area contributed by atoms with E-state index in [0.29, 0.717) is 5.92 Å². The van der Waals surface area contributed by atoms with Crippen LogP contribution in [0, 0.1) is 23.4 Å². The van der Waals surface area contributed by atoms with Crippen LogP contribution in [0.4, 0.5) is 18.9 Å². The van der Waals surface area contributed by atoms with E-state index in [1.54, 1.807) is 6.92 Å². The van der Waals surface area contributed by atoms with Gasteiger partial charge in [-0.15, -0.1) is 0 Å². The lowest BCUT2D eigenvalue weighted by Crippen LogP contribution is -2.47. The number of rotatable bonds is 4. The maximum Gasteiger partial charge on any atom is 0.241 e. The van der Waals surface area contributed by atoms with Crippen LogP contribution in [0.1, 0.15) is 39.5 Å². The predicted octanol–water partition coefficient (Wildman–Crippen LogP) is 3.60. The Bertz CT molecular complexity index is 550. The first-order valence-electron chi connectivity index (χ1n) is 7.60. The lowest BCUT2D eigenvalue weighted by molar-refractivity contribution is -0.118. The lowest BCUT2D eigenvalue weighted by atomic mass is 9.85. The molecule has 6 heteroatoms. The van der Waals surface area contributed by atoms with Gasteiger partial charge in [0.1, 0.15) is 0 Å². The first-order chi connectivity index (χ1) is 10.4. The van der Waals surface area contributed by atoms with Crippen molar-refractivity contribution < 1.29 is 18.0 Å². The Morgan fingerprint density at radius 1 is 1.18 bits per heavy atom. The third-order valence-corrected chi connectivity index (χ3v) is 4.26. The first-order valence-corrected chi connectivity index (χ1v) is 7.60. The highest BCUT2D eigenvalue weighted by atomic mass is 19.2. The van der Waals surface area contributed by atoms with Crippen molar-refractivity contribution in [1.82, 2.24) is 5.32 Å². The van der Waals surface area contributed by atoms with Gasteiger partial charge in [0.15, 0.2) is 17.5 Å². The summed E-state index contributed by atoms with van der Waals surface area (Å²) in [6.07, 6.45) is 4.43. The Hall–Kier alpha value is -1.56. The minimum atomic E-state index is -1.58. The van der Waals surface area contributed by atoms with E-state index in [2.05, 4.69) is 17.6 Å². The Kier molecular flexibility index (Phi) is 5.45. The van der Waals surface area contributed by atoms with Gasteiger partial charge in [0.2, 0.25) is 5.91 Å². The van der Waals surface area contributed by atoms with Crippen LogP contribution in [0.3, 0.4) is 0 Å². The minimum absolute atomic E-state index is 0.240. The molecule has 1 aromatic carbocycles. The van der Waals surface area contributed by atoms with Crippen LogP contribution in [0.25, 0.3) is 0 Å². The van der Waals surface area contributed by atoms with Crippen molar-refractivity contribution in [2.24, 2.45) is 5.92 Å². The van der Waals surface area contributed by atoms with E-state index in [9.17, 15) is 18.0 Å². The predicted molar refractivity (Wildman–Crippen MR) is 79.0 cm³/mol. The second-order valence-corrected chi connectivity index (χ2v) is 5.97. The molecule has 1 saturated carbocycles. The quantitative estimate of drug-likeness (QED) is 0.834. The Labute approximate surface area is 128 Å². The SMILES string of the molecule is C[C@H](N[C@@H]1CCCC[C@H]1C)C(=O)Nc1ccc(F)c(F)c1F. The summed E-state index contributed by atoms with van der Waals surface area (Å²) in [6.45, 7) is 3.81. The van der Waals surface area contributed by atoms with E-state index in [-0.39, 0.29) is 11.7 Å². The molecule has 1 aliphatic carbocycles. The molecular formula is C16H21F3N2O. The van der Waals surface area contributed by atoms with Gasteiger partial charge in [-0.05, 0) is 37.8 Å². The number of anilines is 1. The monoisotopic (exact) mass is 314 g/mol. The second kappa shape index (κ2) is 7.13. The number of nitrogens with one attached hydrogen (secondary N) is 2. The van der Waals surface area contributed by atoms with Crippen molar-refractivity contribution in [2.45, 2.75) is 51.6 Å². The van der Waals surface area contributed by atoms with Gasteiger partial charge in [-0.25, -0.2) is 13.2 Å². The Morgan fingerprint density at radius 3 is 2.55 bits per heavy atom. The number of hydrogen-bond donors (Lipinski definition) is 2. The maximum atomic E-state index is 13.6. The van der Waals surface area contributed by atoms with Crippen LogP contribution < -0.4 is 10.6 Å². The molecule has 2 N–H and O–H groups in total. The molecule has 0 spiro atoms. The van der Waals surface area contributed by atoms with Gasteiger partial charge in [-0.1, -0.05) is 19.8 Å². The van der Waals surface area contributed by atoms with Crippen LogP contribution in [0.2, 0.25) is 0 Å². The highest BCUT2D eigenvalue weighted by Crippen LogP contribution is 2.24. The molecule has 3 nitrogen and oxygen atoms in total. The van der Waals surface area contributed by atoms with Crippen molar-refractivity contribution in [2.75, 3.05) is 5.32 Å². The lowest BCUT2D eigenvalue weighted by Gasteiger charge is -2.31. The van der Waals surface area contributed by atoms with Gasteiger partial charge >= 0.3 is 0 Å². The summed E-state index contributed by atoms with van der Waals surface area (Å²) in [5.74, 6) is -4.24. The average molecular weight is 314 g/mol. The molecule has 1 aliphatic rings. The van der Waals surface area contributed by atoms with Gasteiger partial charge in [0.05, 0.1) is 11.7 Å². The summed E-state index contributed by atoms with van der Waals surface area (Å²) < 4.78 is 39.6. The fourth-order valence-electron chi connectivity index (χ4n) is 2.82. The number of amides is 1. The molecule has 0 unspecified atom stereocenters. The van der Waals surface area contributed by atoms with E-state index in [0.717, 1.165) is 31.4 Å². The Balaban J connectivity index is 1.98. The molecule has 3 atom stereocenters. The molecule has 0 bridgehead atoms. The van der Waals surface area contributed by atoms with Crippen molar-refractivity contribution in [3.63, 3.8) is 0 Å². The normalized spacial score (nSPS) is 23.1. The topological polar surface area (TPSA) is 41.1 Å². The third-order valence-electron chi connectivity index (χ3n) is 4.26. The van der Waals surface area contributed by atoms with Crippen molar-refractivity contribution in [1.29, 1.82) is 0 Å². The van der Waals surface area contributed by atoms with E-state index in [1.807, 2.05) is 0 Å². The largest absolute Gasteiger partial charge is 0.322 e. The fourth-order valence-corrected chi connectivity index (χ4v) is 2.82. The van der Waals surface area contributed by atoms with Crippen LogP contribution in [0.15, 0.2) is 12.1 Å². The number of hydrogen-bond acceptors (Lipinski definition) is 2. The molecule has 1 amide bonds. The molecule has 0 aliphatic heterocycles. The summed E-state index contributed by atoms with van der Waals surface area (Å²) in [4.78, 5) is 12.1. The van der Waals surface area contributed by atoms with Crippen molar-refractivity contribution in [3.05, 3.63) is 29.6 Å². The molecule has 0 heterocycles. The first kappa shape index (κ1) is 16.8. The molecular weight excluding hydrogens is 293 g/mol. The summed E-state index contributed by atoms with van der Waals surface area (Å²) in [5, 5.41) is 5.53. The summed E-state index contributed by atoms with van der Waals surface area (Å²) in [5.41, 5.74) is -0.353. The van der Waals surface area contributed by atoms with Crippen LogP contribution in [-0.4, -0.2) is 18.0 Å². The van der Waals surface area contributed by atoms with Crippen LogP contribution in [0.5, 0.6) is 0 Å². The Morgan fingerprint density at radius 2 is 1.86 bits per heavy atom. The molecule has 122 valence electrons. The molecule has 0 radical (unpaired) electrons. The number of carbonyl (C=O) groups excluding carboxylic acids is 1. The molecule has 2 rings (SSSR count). The third kappa shape index (κ3) is 3.80. The molecule has 0 saturated heterocycles. The zero-order valence-electron chi connectivity index (χ0n) is 12.8. The zero-order valence-corrected chi connectivity index (χ0v) is 12.8. The molecule has 22 heavy (non-hydrogen) atoms. The number of carbonyl (C=O) groups is 1. The van der Waals surface area contributed by atoms with E-state index < -0.39 is 29.4 Å². The maximum absolute atomic E-state index is 13.6. The summed E-state index contributed by atoms with van der Waals surface area (Å²) in [7, 11) is 0. The average Bonchev–Trinajstić information content (AvgIpc) is 2.50. The highest BCUT2D eigenvalue weighted by molar-refractivity contribution is 5.94. The van der Waals surface area contributed by atoms with Crippen LogP contribution in [-0.2, 0) is 4.79 Å². The van der Waals surface area contributed by atoms with E-state index in [4.69, 9.17) is 0 Å². The molecule has 1 aromatic rings. The van der Waals surface area contributed by atoms with E-state index in [1.165, 1.54) is 6.42 Å². The number of halogens is 3. The standard InChI is InChI=1S/C16H21F3N2O/c1-9-5-3-4-6-12(9)20-10(2)16(22)21-13-8-7-11(17)14(18)15(13)19/h7-10,12,20H,3-6H2,1-2H3,(H,21,22)/t9-,10+,12-/m1/s1. The van der Waals surface area contributed by atoms with E-state index >= 15 is 0 Å². The van der Waals surface area contributed by atoms with Gasteiger partial charge in [0, 0.05) is 6.04 Å². The van der Waals surface area contributed by atoms with Crippen molar-refractivity contribution in [3.8, 4) is 0 Å². The molecule has 0 aromatic heterocycles. The fraction of sp³-hybridized carbons (Fsp3) is 0.562. The summed E-state index contributed by atoms with van der Waals surface area (Å²) in [6, 6.07) is 1.50. The van der Waals surface area contributed by atoms with Gasteiger partial charge in [-0.2, -0.15) is 0 Å². The minimum Gasteiger partial charge on any atom is -0.322 e. The smallest absolute Gasteiger partial charge is 0.241 e. The second-order valence-electron chi connectivity index (χ2n) is 5.97. The summed E-state index contributed by atoms with van der Waals surface area (Å²) >= 11 is 0. The van der Waals surface area contributed by atoms with Gasteiger partial charge in [0.25, 0.3) is 0 Å². The van der Waals surface area contributed by atoms with Gasteiger partial charge in [-0.3, -0.25) is 4.79 Å². The highest BCUT2D eigenvalue weighted by Gasteiger charge is 2.25. The molecule has 1 fully saturated rings. The van der Waals surface area contributed by atoms with Gasteiger partial charge < -0.3 is 10.6 Å². The number of benzene rings is 1. The van der Waals surface area contributed by atoms with Crippen LogP contribution >= 0.6 is 0 Å². The zero-order chi connectivity index (χ0) is 16.3. The van der Waals surface area contributed by atoms with Crippen molar-refractivity contribution >= 4 is 11.6 Å².